The fraction of sp³-hybridized carbons (Fsp3) is 0.733. The van der Waals surface area contributed by atoms with Gasteiger partial charge in [0.25, 0.3) is 0 Å². The van der Waals surface area contributed by atoms with Crippen LogP contribution >= 0.6 is 0 Å². The number of carbonyl (C=O) groups excluding carboxylic acids is 2. The molecule has 2 aliphatic carbocycles. The van der Waals surface area contributed by atoms with Crippen molar-refractivity contribution in [2.45, 2.75) is 83.2 Å². The second-order valence-electron chi connectivity index (χ2n) is 12.2. The molecular formula is C30H45N3O3. The fourth-order valence-corrected chi connectivity index (χ4v) is 7.67. The number of rotatable bonds is 6. The first-order valence-corrected chi connectivity index (χ1v) is 14.5. The highest BCUT2D eigenvalue weighted by Gasteiger charge is 2.56. The van der Waals surface area contributed by atoms with Gasteiger partial charge in [0.2, 0.25) is 11.8 Å². The maximum atomic E-state index is 13.5. The second kappa shape index (κ2) is 10.7. The molecule has 36 heavy (non-hydrogen) atoms. The average Bonchev–Trinajstić information content (AvgIpc) is 3.38. The highest BCUT2D eigenvalue weighted by Crippen LogP contribution is 2.51. The van der Waals surface area contributed by atoms with E-state index in [9.17, 15) is 14.7 Å². The van der Waals surface area contributed by atoms with Crippen LogP contribution in [0.2, 0.25) is 0 Å². The summed E-state index contributed by atoms with van der Waals surface area (Å²) < 4.78 is 0. The Morgan fingerprint density at radius 2 is 1.72 bits per heavy atom. The minimum Gasteiger partial charge on any atom is -0.387 e. The molecule has 198 valence electrons. The van der Waals surface area contributed by atoms with Gasteiger partial charge in [0.05, 0.1) is 18.7 Å². The van der Waals surface area contributed by atoms with E-state index in [-0.39, 0.29) is 23.1 Å². The second-order valence-corrected chi connectivity index (χ2v) is 12.2. The minimum absolute atomic E-state index is 0.0605. The lowest BCUT2D eigenvalue weighted by Gasteiger charge is -2.54. The van der Waals surface area contributed by atoms with Crippen LogP contribution in [0.3, 0.4) is 0 Å². The number of anilines is 1. The van der Waals surface area contributed by atoms with Crippen molar-refractivity contribution in [2.24, 2.45) is 17.3 Å². The molecule has 2 saturated carbocycles. The molecule has 2 aliphatic heterocycles. The van der Waals surface area contributed by atoms with E-state index in [1.54, 1.807) is 0 Å². The van der Waals surface area contributed by atoms with E-state index in [4.69, 9.17) is 0 Å². The summed E-state index contributed by atoms with van der Waals surface area (Å²) in [4.78, 5) is 32.8. The molecule has 4 fully saturated rings. The first-order valence-electron chi connectivity index (χ1n) is 14.5. The van der Waals surface area contributed by atoms with Crippen LogP contribution in [0.15, 0.2) is 30.3 Å². The summed E-state index contributed by atoms with van der Waals surface area (Å²) in [6.45, 7) is 5.53. The van der Waals surface area contributed by atoms with Gasteiger partial charge in [-0.1, -0.05) is 70.1 Å². The van der Waals surface area contributed by atoms with Gasteiger partial charge in [-0.2, -0.15) is 0 Å². The highest BCUT2D eigenvalue weighted by atomic mass is 16.3. The molecule has 0 aromatic heterocycles. The van der Waals surface area contributed by atoms with Crippen molar-refractivity contribution in [3.8, 4) is 0 Å². The Bertz CT molecular complexity index is 909. The molecule has 2 atom stereocenters. The summed E-state index contributed by atoms with van der Waals surface area (Å²) in [5.74, 6) is 1.12. The molecule has 2 amide bonds. The van der Waals surface area contributed by atoms with Crippen LogP contribution < -0.4 is 4.90 Å². The monoisotopic (exact) mass is 495 g/mol. The molecule has 1 aromatic carbocycles. The van der Waals surface area contributed by atoms with Crippen molar-refractivity contribution in [1.82, 2.24) is 9.80 Å². The number of para-hydroxylation sites is 1. The number of β-amino-alcohol motifs (C(OH)–C–C–N with tert-alkyl or cyclic N) is 1. The molecular weight excluding hydrogens is 450 g/mol. The van der Waals surface area contributed by atoms with E-state index >= 15 is 0 Å². The Balaban J connectivity index is 1.23. The van der Waals surface area contributed by atoms with Gasteiger partial charge in [-0.05, 0) is 43.7 Å². The summed E-state index contributed by atoms with van der Waals surface area (Å²) in [5.41, 5.74) is -0.134. The lowest BCUT2D eigenvalue weighted by molar-refractivity contribution is -0.169. The molecule has 1 N–H and O–H groups in total. The van der Waals surface area contributed by atoms with E-state index in [1.165, 1.54) is 32.1 Å². The number of piperidine rings is 1. The predicted molar refractivity (Wildman–Crippen MR) is 143 cm³/mol. The molecule has 6 nitrogen and oxygen atoms in total. The minimum atomic E-state index is -0.919. The number of piperazine rings is 1. The van der Waals surface area contributed by atoms with Crippen molar-refractivity contribution < 1.29 is 14.7 Å². The van der Waals surface area contributed by atoms with Gasteiger partial charge in [0.15, 0.2) is 0 Å². The van der Waals surface area contributed by atoms with Gasteiger partial charge < -0.3 is 19.8 Å². The molecule has 0 radical (unpaired) electrons. The Morgan fingerprint density at radius 1 is 1.00 bits per heavy atom. The fourth-order valence-electron chi connectivity index (χ4n) is 7.67. The molecule has 0 bridgehead atoms. The van der Waals surface area contributed by atoms with Gasteiger partial charge in [0, 0.05) is 43.2 Å². The van der Waals surface area contributed by atoms with Gasteiger partial charge in [0.1, 0.15) is 0 Å². The van der Waals surface area contributed by atoms with Crippen LogP contribution in [-0.4, -0.2) is 71.6 Å². The number of hydrogen-bond donors (Lipinski definition) is 1. The Labute approximate surface area is 217 Å². The molecule has 1 aromatic rings. The van der Waals surface area contributed by atoms with E-state index in [0.717, 1.165) is 44.3 Å². The number of hydrogen-bond acceptors (Lipinski definition) is 4. The smallest absolute Gasteiger partial charge is 0.242 e. The molecule has 1 spiro atoms. The number of likely N-dealkylation sites (tertiary alicyclic amines) is 1. The van der Waals surface area contributed by atoms with E-state index in [0.29, 0.717) is 45.1 Å². The van der Waals surface area contributed by atoms with Gasteiger partial charge in [-0.3, -0.25) is 9.59 Å². The van der Waals surface area contributed by atoms with Gasteiger partial charge >= 0.3 is 0 Å². The zero-order chi connectivity index (χ0) is 25.2. The molecule has 5 rings (SSSR count). The summed E-state index contributed by atoms with van der Waals surface area (Å²) in [5, 5.41) is 12.1. The van der Waals surface area contributed by atoms with Crippen LogP contribution in [0.4, 0.5) is 5.69 Å². The highest BCUT2D eigenvalue weighted by molar-refractivity contribution is 5.83. The zero-order valence-corrected chi connectivity index (χ0v) is 22.2. The SMILES string of the molecule is CC(CC1CCCCC1)C(=O)N1CCC(O)(CN2CCN(c3ccccc3)CC2=O)C2(CCCC2)C1. The molecule has 2 unspecified atom stereocenters. The van der Waals surface area contributed by atoms with E-state index in [2.05, 4.69) is 16.7 Å². The average molecular weight is 496 g/mol. The lowest BCUT2D eigenvalue weighted by atomic mass is 9.65. The van der Waals surface area contributed by atoms with Gasteiger partial charge in [-0.15, -0.1) is 0 Å². The number of amides is 2. The Morgan fingerprint density at radius 3 is 2.42 bits per heavy atom. The number of nitrogens with zero attached hydrogens (tertiary/aromatic N) is 3. The molecule has 6 heteroatoms. The van der Waals surface area contributed by atoms with Crippen LogP contribution in [0.25, 0.3) is 0 Å². The third-order valence-corrected chi connectivity index (χ3v) is 9.87. The van der Waals surface area contributed by atoms with E-state index < -0.39 is 5.60 Å². The normalized spacial score (nSPS) is 28.1. The third kappa shape index (κ3) is 5.16. The van der Waals surface area contributed by atoms with Crippen LogP contribution in [0.1, 0.15) is 77.6 Å². The Kier molecular flexibility index (Phi) is 7.62. The summed E-state index contributed by atoms with van der Waals surface area (Å²) in [6, 6.07) is 10.1. The topological polar surface area (TPSA) is 64.1 Å². The van der Waals surface area contributed by atoms with Crippen molar-refractivity contribution in [2.75, 3.05) is 44.2 Å². The summed E-state index contributed by atoms with van der Waals surface area (Å²) in [7, 11) is 0. The first kappa shape index (κ1) is 25.6. The quantitative estimate of drug-likeness (QED) is 0.633. The van der Waals surface area contributed by atoms with Crippen molar-refractivity contribution >= 4 is 17.5 Å². The largest absolute Gasteiger partial charge is 0.387 e. The van der Waals surface area contributed by atoms with Crippen molar-refractivity contribution in [3.63, 3.8) is 0 Å². The maximum absolute atomic E-state index is 13.5. The summed E-state index contributed by atoms with van der Waals surface area (Å²) >= 11 is 0. The third-order valence-electron chi connectivity index (χ3n) is 9.87. The lowest BCUT2D eigenvalue weighted by Crippen LogP contribution is -2.66. The Hall–Kier alpha value is -2.08. The first-order chi connectivity index (χ1) is 17.4. The van der Waals surface area contributed by atoms with Gasteiger partial charge in [-0.25, -0.2) is 0 Å². The number of benzene rings is 1. The number of aliphatic hydroxyl groups is 1. The zero-order valence-electron chi connectivity index (χ0n) is 22.2. The van der Waals surface area contributed by atoms with Crippen LogP contribution in [-0.2, 0) is 9.59 Å². The molecule has 4 aliphatic rings. The number of carbonyl (C=O) groups is 2. The van der Waals surface area contributed by atoms with Crippen molar-refractivity contribution in [3.05, 3.63) is 30.3 Å². The van der Waals surface area contributed by atoms with Crippen molar-refractivity contribution in [1.29, 1.82) is 0 Å². The molecule has 2 saturated heterocycles. The van der Waals surface area contributed by atoms with E-state index in [1.807, 2.05) is 35.2 Å². The summed E-state index contributed by atoms with van der Waals surface area (Å²) in [6.07, 6.45) is 12.2. The maximum Gasteiger partial charge on any atom is 0.242 e. The van der Waals surface area contributed by atoms with Crippen LogP contribution in [0, 0.1) is 17.3 Å². The van der Waals surface area contributed by atoms with Crippen LogP contribution in [0.5, 0.6) is 0 Å². The standard InChI is InChI=1S/C30H45N3O3/c1-24(20-25-10-4-2-5-11-25)28(35)33-17-16-30(36,29(22-33)14-8-9-15-29)23-32-19-18-31(21-27(32)34)26-12-6-3-7-13-26/h3,6-7,12-13,24-25,36H,2,4-5,8-11,14-23H2,1H3. The predicted octanol–water partition coefficient (Wildman–Crippen LogP) is 4.47. The molecule has 2 heterocycles.